The minimum atomic E-state index is -0.0234. The molecule has 0 saturated carbocycles. The van der Waals surface area contributed by atoms with Gasteiger partial charge in [0.1, 0.15) is 0 Å². The van der Waals surface area contributed by atoms with Crippen molar-refractivity contribution in [3.05, 3.63) is 185 Å². The van der Waals surface area contributed by atoms with Crippen molar-refractivity contribution >= 4 is 68.0 Å². The number of anilines is 6. The fraction of sp³-hybridized carbons (Fsp3) is 0.258. The number of rotatable bonds is 4. The van der Waals surface area contributed by atoms with E-state index < -0.39 is 0 Å². The Balaban J connectivity index is 1.23. The van der Waals surface area contributed by atoms with Gasteiger partial charge in [0.05, 0.1) is 11.4 Å². The molecule has 0 N–H and O–H groups in total. The monoisotopic (exact) mass is 844 g/mol. The van der Waals surface area contributed by atoms with E-state index >= 15 is 0 Å². The van der Waals surface area contributed by atoms with Gasteiger partial charge in [0.25, 0.3) is 6.71 Å². The highest BCUT2D eigenvalue weighted by atomic mass is 15.2. The van der Waals surface area contributed by atoms with Gasteiger partial charge >= 0.3 is 0 Å². The van der Waals surface area contributed by atoms with Crippen LogP contribution in [0.3, 0.4) is 0 Å². The lowest BCUT2D eigenvalue weighted by atomic mass is 9.33. The Morgan fingerprint density at radius 2 is 0.969 bits per heavy atom. The second kappa shape index (κ2) is 14.9. The highest BCUT2D eigenvalue weighted by Gasteiger charge is 2.44. The molecule has 8 aromatic rings. The van der Waals surface area contributed by atoms with Crippen molar-refractivity contribution in [1.82, 2.24) is 0 Å². The Morgan fingerprint density at radius 1 is 0.415 bits per heavy atom. The molecule has 2 nitrogen and oxygen atoms in total. The average Bonchev–Trinajstić information content (AvgIpc) is 3.28. The van der Waals surface area contributed by atoms with Gasteiger partial charge in [-0.25, -0.2) is 0 Å². The van der Waals surface area contributed by atoms with Gasteiger partial charge in [0, 0.05) is 33.7 Å². The van der Waals surface area contributed by atoms with Gasteiger partial charge in [-0.05, 0) is 157 Å². The molecule has 2 heterocycles. The maximum absolute atomic E-state index is 2.65. The molecule has 65 heavy (non-hydrogen) atoms. The van der Waals surface area contributed by atoms with Crippen molar-refractivity contribution in [3.8, 4) is 22.3 Å². The molecule has 11 rings (SSSR count). The van der Waals surface area contributed by atoms with E-state index in [-0.39, 0.29) is 23.0 Å². The summed E-state index contributed by atoms with van der Waals surface area (Å²) in [6, 6.07) is 59.1. The lowest BCUT2D eigenvalue weighted by Crippen LogP contribution is -2.61. The predicted octanol–water partition coefficient (Wildman–Crippen LogP) is 14.9. The molecule has 0 bridgehead atoms. The van der Waals surface area contributed by atoms with Crippen LogP contribution in [0.15, 0.2) is 152 Å². The van der Waals surface area contributed by atoms with Crippen LogP contribution in [0.25, 0.3) is 33.0 Å². The molecule has 0 amide bonds. The highest BCUT2D eigenvalue weighted by molar-refractivity contribution is 7.00. The van der Waals surface area contributed by atoms with E-state index in [2.05, 4.69) is 231 Å². The van der Waals surface area contributed by atoms with Gasteiger partial charge in [0.15, 0.2) is 0 Å². The Morgan fingerprint density at radius 3 is 1.65 bits per heavy atom. The van der Waals surface area contributed by atoms with Gasteiger partial charge in [-0.3, -0.25) is 0 Å². The first-order chi connectivity index (χ1) is 31.0. The zero-order valence-electron chi connectivity index (χ0n) is 40.0. The molecular formula is C62H61BN2. The van der Waals surface area contributed by atoms with Crippen LogP contribution in [0.5, 0.6) is 0 Å². The summed E-state index contributed by atoms with van der Waals surface area (Å²) in [7, 11) is 0. The number of fused-ring (bicyclic) bond motifs is 4. The number of aryl methyl sites for hydroxylation is 3. The third-order valence-corrected chi connectivity index (χ3v) is 14.7. The summed E-state index contributed by atoms with van der Waals surface area (Å²) in [6.45, 7) is 23.2. The lowest BCUT2D eigenvalue weighted by Gasteiger charge is -2.45. The molecule has 0 atom stereocenters. The van der Waals surface area contributed by atoms with E-state index in [0.29, 0.717) is 0 Å². The van der Waals surface area contributed by atoms with Crippen LogP contribution in [-0.4, -0.2) is 6.71 Å². The second-order valence-electron chi connectivity index (χ2n) is 22.2. The summed E-state index contributed by atoms with van der Waals surface area (Å²) in [6.07, 6.45) is 3.47. The van der Waals surface area contributed by atoms with Gasteiger partial charge in [-0.2, -0.15) is 0 Å². The summed E-state index contributed by atoms with van der Waals surface area (Å²) >= 11 is 0. The van der Waals surface area contributed by atoms with Crippen LogP contribution < -0.4 is 26.2 Å². The maximum atomic E-state index is 2.65. The molecule has 2 aliphatic heterocycles. The van der Waals surface area contributed by atoms with Gasteiger partial charge in [-0.15, -0.1) is 0 Å². The molecule has 8 aromatic carbocycles. The zero-order chi connectivity index (χ0) is 45.2. The fourth-order valence-electron chi connectivity index (χ4n) is 11.1. The predicted molar refractivity (Wildman–Crippen MR) is 282 cm³/mol. The zero-order valence-corrected chi connectivity index (χ0v) is 40.0. The highest BCUT2D eigenvalue weighted by Crippen LogP contribution is 2.50. The van der Waals surface area contributed by atoms with Crippen LogP contribution in [0.2, 0.25) is 0 Å². The summed E-state index contributed by atoms with van der Waals surface area (Å²) in [5.41, 5.74) is 24.7. The fourth-order valence-corrected chi connectivity index (χ4v) is 11.1. The van der Waals surface area contributed by atoms with Crippen LogP contribution in [0, 0.1) is 6.92 Å². The maximum Gasteiger partial charge on any atom is 0.252 e. The molecule has 3 aliphatic rings. The Bertz CT molecular complexity index is 3180. The first kappa shape index (κ1) is 41.4. The van der Waals surface area contributed by atoms with Crippen LogP contribution in [0.4, 0.5) is 34.1 Å². The number of hydrogen-bond donors (Lipinski definition) is 0. The van der Waals surface area contributed by atoms with E-state index in [9.17, 15) is 0 Å². The van der Waals surface area contributed by atoms with Gasteiger partial charge in [0.2, 0.25) is 0 Å². The first-order valence-electron chi connectivity index (χ1n) is 23.9. The van der Waals surface area contributed by atoms with Crippen molar-refractivity contribution in [2.45, 2.75) is 105 Å². The lowest BCUT2D eigenvalue weighted by molar-refractivity contribution is 0.590. The topological polar surface area (TPSA) is 6.48 Å². The standard InChI is InChI=1S/C62H61BN2/c1-39-34-56-59-57(35-39)65(53-33-29-46(61(5,6)7)37-49(53)41-16-12-11-13-17-41)54-36-44(40-22-26-45(27-23-40)60(2,3)4)24-30-50(54)63(59)51-31-28-47(62(8,9)10)38-55(51)64(56)52-32-25-43-19-14-18-42-20-15-21-48(52)58(42)43/h11-13,15-17,20-38H,14,18-19H2,1-10H3. The quantitative estimate of drug-likeness (QED) is 0.163. The first-order valence-corrected chi connectivity index (χ1v) is 23.9. The molecule has 0 fully saturated rings. The molecule has 3 heteroatoms. The van der Waals surface area contributed by atoms with Crippen molar-refractivity contribution in [2.75, 3.05) is 9.80 Å². The minimum Gasteiger partial charge on any atom is -0.311 e. The SMILES string of the molecule is Cc1cc2c3c(c1)N(c1ccc4c5c(cccc15)CCC4)c1cc(C(C)(C)C)ccc1B3c1ccc(-c3ccc(C(C)(C)C)cc3)cc1N2c1ccc(C(C)(C)C)cc1-c1ccccc1. The largest absolute Gasteiger partial charge is 0.311 e. The summed E-state index contributed by atoms with van der Waals surface area (Å²) in [4.78, 5) is 5.28. The summed E-state index contributed by atoms with van der Waals surface area (Å²) in [5, 5.41) is 2.80. The van der Waals surface area contributed by atoms with Crippen molar-refractivity contribution in [3.63, 3.8) is 0 Å². The molecular weight excluding hydrogens is 784 g/mol. The van der Waals surface area contributed by atoms with Crippen molar-refractivity contribution in [1.29, 1.82) is 0 Å². The van der Waals surface area contributed by atoms with Crippen LogP contribution in [0.1, 0.15) is 102 Å². The number of benzene rings is 8. The Hall–Kier alpha value is -6.32. The average molecular weight is 845 g/mol. The van der Waals surface area contributed by atoms with E-state index in [1.165, 1.54) is 123 Å². The molecule has 0 radical (unpaired) electrons. The van der Waals surface area contributed by atoms with E-state index in [1.54, 1.807) is 0 Å². The third-order valence-electron chi connectivity index (χ3n) is 14.7. The van der Waals surface area contributed by atoms with Crippen LogP contribution >= 0.6 is 0 Å². The number of hydrogen-bond acceptors (Lipinski definition) is 2. The summed E-state index contributed by atoms with van der Waals surface area (Å²) in [5.74, 6) is 0. The summed E-state index contributed by atoms with van der Waals surface area (Å²) < 4.78 is 0. The molecule has 0 saturated heterocycles. The van der Waals surface area contributed by atoms with E-state index in [1.807, 2.05) is 0 Å². The molecule has 0 spiro atoms. The van der Waals surface area contributed by atoms with Crippen molar-refractivity contribution in [2.24, 2.45) is 0 Å². The van der Waals surface area contributed by atoms with Crippen LogP contribution in [-0.2, 0) is 29.1 Å². The molecule has 0 unspecified atom stereocenters. The normalized spacial score (nSPS) is 14.3. The molecule has 322 valence electrons. The molecule has 1 aliphatic carbocycles. The third kappa shape index (κ3) is 6.84. The Labute approximate surface area is 388 Å². The minimum absolute atomic E-state index is 0.0172. The number of nitrogens with zero attached hydrogens (tertiary/aromatic N) is 2. The molecule has 0 aromatic heterocycles. The van der Waals surface area contributed by atoms with Gasteiger partial charge in [-0.1, -0.05) is 172 Å². The second-order valence-corrected chi connectivity index (χ2v) is 22.2. The van der Waals surface area contributed by atoms with Crippen molar-refractivity contribution < 1.29 is 0 Å². The van der Waals surface area contributed by atoms with Gasteiger partial charge < -0.3 is 9.80 Å². The smallest absolute Gasteiger partial charge is 0.252 e. The van der Waals surface area contributed by atoms with E-state index in [4.69, 9.17) is 0 Å². The Kier molecular flexibility index (Phi) is 9.46. The van der Waals surface area contributed by atoms with E-state index in [0.717, 1.165) is 12.8 Å².